The van der Waals surface area contributed by atoms with Crippen molar-refractivity contribution in [3.05, 3.63) is 28.8 Å². The Labute approximate surface area is 111 Å². The summed E-state index contributed by atoms with van der Waals surface area (Å²) in [5.41, 5.74) is 9.43. The van der Waals surface area contributed by atoms with Gasteiger partial charge in [0.15, 0.2) is 0 Å². The molecule has 3 nitrogen and oxygen atoms in total. The molecule has 0 heterocycles. The Bertz CT molecular complexity index is 400. The summed E-state index contributed by atoms with van der Waals surface area (Å²) in [7, 11) is 1.73. The molecule has 0 unspecified atom stereocenters. The van der Waals surface area contributed by atoms with Crippen LogP contribution in [0.4, 0.5) is 0 Å². The molecule has 0 bridgehead atoms. The van der Waals surface area contributed by atoms with Gasteiger partial charge in [-0.1, -0.05) is 17.7 Å². The van der Waals surface area contributed by atoms with Crippen LogP contribution in [0.1, 0.15) is 30.5 Å². The molecule has 0 aliphatic carbocycles. The summed E-state index contributed by atoms with van der Waals surface area (Å²) < 4.78 is 5.49. The predicted molar refractivity (Wildman–Crippen MR) is 77.3 cm³/mol. The molecular weight excluding hydrogens is 224 g/mol. The summed E-state index contributed by atoms with van der Waals surface area (Å²) in [6.45, 7) is 9.98. The van der Waals surface area contributed by atoms with Crippen LogP contribution in [0, 0.1) is 13.8 Å². The van der Waals surface area contributed by atoms with Crippen LogP contribution in [0.5, 0.6) is 5.75 Å². The number of hydrogen-bond donors (Lipinski definition) is 2. The number of ether oxygens (including phenoxy) is 1. The number of benzene rings is 1. The van der Waals surface area contributed by atoms with Crippen molar-refractivity contribution in [3.63, 3.8) is 0 Å². The van der Waals surface area contributed by atoms with Crippen molar-refractivity contribution >= 4 is 0 Å². The molecule has 0 aromatic heterocycles. The number of aryl methyl sites for hydroxylation is 2. The molecule has 18 heavy (non-hydrogen) atoms. The molecule has 0 radical (unpaired) electrons. The van der Waals surface area contributed by atoms with Gasteiger partial charge in [-0.2, -0.15) is 0 Å². The summed E-state index contributed by atoms with van der Waals surface area (Å²) >= 11 is 0. The van der Waals surface area contributed by atoms with E-state index in [1.54, 1.807) is 7.11 Å². The van der Waals surface area contributed by atoms with Crippen LogP contribution < -0.4 is 15.8 Å². The Kier molecular flexibility index (Phi) is 5.17. The van der Waals surface area contributed by atoms with Crippen LogP contribution in [0.2, 0.25) is 0 Å². The molecule has 0 atom stereocenters. The number of methoxy groups -OCH3 is 1. The van der Waals surface area contributed by atoms with Gasteiger partial charge in [0, 0.05) is 12.1 Å². The second-order valence-corrected chi connectivity index (χ2v) is 5.54. The summed E-state index contributed by atoms with van der Waals surface area (Å²) in [4.78, 5) is 0. The number of nitrogens with one attached hydrogen (secondary N) is 1. The molecule has 1 rings (SSSR count). The van der Waals surface area contributed by atoms with Crippen molar-refractivity contribution in [1.29, 1.82) is 0 Å². The molecular formula is C15H26N2O. The Morgan fingerprint density at radius 3 is 2.50 bits per heavy atom. The summed E-state index contributed by atoms with van der Waals surface area (Å²) in [6.07, 6.45) is 0.953. The SMILES string of the molecule is COc1c(C)cc(C)cc1CCNC(C)(C)CN. The van der Waals surface area contributed by atoms with Gasteiger partial charge in [0.05, 0.1) is 7.11 Å². The van der Waals surface area contributed by atoms with Gasteiger partial charge in [-0.15, -0.1) is 0 Å². The van der Waals surface area contributed by atoms with Crippen LogP contribution in [0.3, 0.4) is 0 Å². The van der Waals surface area contributed by atoms with E-state index in [1.807, 2.05) is 0 Å². The molecule has 3 N–H and O–H groups in total. The predicted octanol–water partition coefficient (Wildman–Crippen LogP) is 2.18. The molecule has 1 aromatic rings. The molecule has 3 heteroatoms. The highest BCUT2D eigenvalue weighted by atomic mass is 16.5. The van der Waals surface area contributed by atoms with Crippen molar-refractivity contribution in [2.75, 3.05) is 20.2 Å². The molecule has 1 aromatic carbocycles. The van der Waals surface area contributed by atoms with Gasteiger partial charge in [-0.25, -0.2) is 0 Å². The zero-order valence-electron chi connectivity index (χ0n) is 12.3. The third-order valence-corrected chi connectivity index (χ3v) is 3.21. The Hall–Kier alpha value is -1.06. The highest BCUT2D eigenvalue weighted by Gasteiger charge is 2.14. The highest BCUT2D eigenvalue weighted by molar-refractivity contribution is 5.43. The summed E-state index contributed by atoms with van der Waals surface area (Å²) in [5.74, 6) is 1.01. The normalized spacial score (nSPS) is 11.7. The molecule has 0 spiro atoms. The fraction of sp³-hybridized carbons (Fsp3) is 0.600. The zero-order chi connectivity index (χ0) is 13.8. The second-order valence-electron chi connectivity index (χ2n) is 5.54. The second kappa shape index (κ2) is 6.21. The van der Waals surface area contributed by atoms with Crippen molar-refractivity contribution in [2.45, 2.75) is 39.7 Å². The number of hydrogen-bond acceptors (Lipinski definition) is 3. The number of nitrogens with two attached hydrogens (primary N) is 1. The van der Waals surface area contributed by atoms with Crippen molar-refractivity contribution in [1.82, 2.24) is 5.32 Å². The van der Waals surface area contributed by atoms with Gasteiger partial charge >= 0.3 is 0 Å². The van der Waals surface area contributed by atoms with Gasteiger partial charge in [0.2, 0.25) is 0 Å². The van der Waals surface area contributed by atoms with Crippen LogP contribution >= 0.6 is 0 Å². The summed E-state index contributed by atoms with van der Waals surface area (Å²) in [6, 6.07) is 4.35. The molecule has 0 aliphatic heterocycles. The van der Waals surface area contributed by atoms with E-state index in [2.05, 4.69) is 45.1 Å². The van der Waals surface area contributed by atoms with Crippen LogP contribution in [-0.4, -0.2) is 25.7 Å². The molecule has 0 fully saturated rings. The van der Waals surface area contributed by atoms with E-state index in [0.29, 0.717) is 6.54 Å². The standard InChI is InChI=1S/C15H26N2O/c1-11-8-12(2)14(18-5)13(9-11)6-7-17-15(3,4)10-16/h8-9,17H,6-7,10,16H2,1-5H3. The maximum Gasteiger partial charge on any atom is 0.125 e. The van der Waals surface area contributed by atoms with Crippen molar-refractivity contribution in [2.24, 2.45) is 5.73 Å². The molecule has 102 valence electrons. The highest BCUT2D eigenvalue weighted by Crippen LogP contribution is 2.25. The molecule has 0 saturated heterocycles. The average Bonchev–Trinajstić information content (AvgIpc) is 2.28. The lowest BCUT2D eigenvalue weighted by molar-refractivity contribution is 0.390. The van der Waals surface area contributed by atoms with E-state index >= 15 is 0 Å². The molecule has 0 saturated carbocycles. The van der Waals surface area contributed by atoms with Crippen LogP contribution in [-0.2, 0) is 6.42 Å². The first-order valence-electron chi connectivity index (χ1n) is 6.49. The largest absolute Gasteiger partial charge is 0.496 e. The van der Waals surface area contributed by atoms with Crippen molar-refractivity contribution < 1.29 is 4.74 Å². The summed E-state index contributed by atoms with van der Waals surface area (Å²) in [5, 5.41) is 3.47. The lowest BCUT2D eigenvalue weighted by Crippen LogP contribution is -2.46. The van der Waals surface area contributed by atoms with E-state index in [9.17, 15) is 0 Å². The Morgan fingerprint density at radius 2 is 1.94 bits per heavy atom. The lowest BCUT2D eigenvalue weighted by Gasteiger charge is -2.24. The fourth-order valence-corrected chi connectivity index (χ4v) is 2.13. The molecule has 0 aliphatic rings. The first-order valence-corrected chi connectivity index (χ1v) is 6.49. The Morgan fingerprint density at radius 1 is 1.28 bits per heavy atom. The van der Waals surface area contributed by atoms with E-state index in [1.165, 1.54) is 16.7 Å². The quantitative estimate of drug-likeness (QED) is 0.813. The average molecular weight is 250 g/mol. The minimum absolute atomic E-state index is 0.00783. The minimum atomic E-state index is -0.00783. The van der Waals surface area contributed by atoms with Gasteiger partial charge in [-0.05, 0) is 51.8 Å². The van der Waals surface area contributed by atoms with Gasteiger partial charge in [0.1, 0.15) is 5.75 Å². The Balaban J connectivity index is 2.73. The van der Waals surface area contributed by atoms with Gasteiger partial charge in [-0.3, -0.25) is 0 Å². The van der Waals surface area contributed by atoms with E-state index in [4.69, 9.17) is 10.5 Å². The van der Waals surface area contributed by atoms with Crippen LogP contribution in [0.25, 0.3) is 0 Å². The smallest absolute Gasteiger partial charge is 0.125 e. The first-order chi connectivity index (χ1) is 8.39. The minimum Gasteiger partial charge on any atom is -0.496 e. The van der Waals surface area contributed by atoms with E-state index in [0.717, 1.165) is 18.7 Å². The van der Waals surface area contributed by atoms with Gasteiger partial charge in [0.25, 0.3) is 0 Å². The third kappa shape index (κ3) is 4.00. The van der Waals surface area contributed by atoms with Gasteiger partial charge < -0.3 is 15.8 Å². The van der Waals surface area contributed by atoms with Crippen molar-refractivity contribution in [3.8, 4) is 5.75 Å². The van der Waals surface area contributed by atoms with E-state index < -0.39 is 0 Å². The zero-order valence-corrected chi connectivity index (χ0v) is 12.3. The number of rotatable bonds is 6. The fourth-order valence-electron chi connectivity index (χ4n) is 2.13. The maximum atomic E-state index is 5.70. The molecule has 0 amide bonds. The monoisotopic (exact) mass is 250 g/mol. The topological polar surface area (TPSA) is 47.3 Å². The third-order valence-electron chi connectivity index (χ3n) is 3.21. The lowest BCUT2D eigenvalue weighted by atomic mass is 10.0. The van der Waals surface area contributed by atoms with E-state index in [-0.39, 0.29) is 5.54 Å². The maximum absolute atomic E-state index is 5.70. The first kappa shape index (κ1) is 15.0. The van der Waals surface area contributed by atoms with Crippen LogP contribution in [0.15, 0.2) is 12.1 Å².